The van der Waals surface area contributed by atoms with E-state index >= 15 is 0 Å². The minimum absolute atomic E-state index is 0.243. The maximum atomic E-state index is 11.1. The van der Waals surface area contributed by atoms with Crippen LogP contribution in [0.4, 0.5) is 5.82 Å². The lowest BCUT2D eigenvalue weighted by Crippen LogP contribution is -2.25. The van der Waals surface area contributed by atoms with Crippen molar-refractivity contribution in [3.63, 3.8) is 0 Å². The van der Waals surface area contributed by atoms with Crippen molar-refractivity contribution in [2.24, 2.45) is 5.41 Å². The van der Waals surface area contributed by atoms with Crippen LogP contribution in [-0.4, -0.2) is 29.1 Å². The average molecular weight is 220 g/mol. The average Bonchev–Trinajstić information content (AvgIpc) is 2.59. The van der Waals surface area contributed by atoms with Gasteiger partial charge in [-0.25, -0.2) is 9.78 Å². The SMILES string of the molecule is CC1(C)CCN(c2ncccc2C(=O)O)C1. The third-order valence-corrected chi connectivity index (χ3v) is 2.99. The first-order valence-corrected chi connectivity index (χ1v) is 5.43. The Bertz CT molecular complexity index is 415. The third kappa shape index (κ3) is 2.01. The molecule has 0 saturated carbocycles. The van der Waals surface area contributed by atoms with E-state index in [0.29, 0.717) is 11.4 Å². The van der Waals surface area contributed by atoms with E-state index in [4.69, 9.17) is 5.11 Å². The molecule has 2 heterocycles. The van der Waals surface area contributed by atoms with E-state index in [1.165, 1.54) is 0 Å². The second-order valence-electron chi connectivity index (χ2n) is 5.02. The number of hydrogen-bond donors (Lipinski definition) is 1. The summed E-state index contributed by atoms with van der Waals surface area (Å²) in [6.07, 6.45) is 2.72. The van der Waals surface area contributed by atoms with Gasteiger partial charge in [-0.1, -0.05) is 13.8 Å². The number of anilines is 1. The Labute approximate surface area is 94.9 Å². The van der Waals surface area contributed by atoms with E-state index < -0.39 is 5.97 Å². The molecule has 1 saturated heterocycles. The molecule has 16 heavy (non-hydrogen) atoms. The lowest BCUT2D eigenvalue weighted by molar-refractivity contribution is 0.0697. The molecule has 1 aliphatic heterocycles. The fraction of sp³-hybridized carbons (Fsp3) is 0.500. The lowest BCUT2D eigenvalue weighted by Gasteiger charge is -2.21. The Morgan fingerprint density at radius 3 is 2.88 bits per heavy atom. The summed E-state index contributed by atoms with van der Waals surface area (Å²) in [5, 5.41) is 9.09. The summed E-state index contributed by atoms with van der Waals surface area (Å²) >= 11 is 0. The van der Waals surface area contributed by atoms with Crippen LogP contribution in [0.3, 0.4) is 0 Å². The molecule has 2 rings (SSSR count). The number of nitrogens with zero attached hydrogens (tertiary/aromatic N) is 2. The molecule has 0 unspecified atom stereocenters. The summed E-state index contributed by atoms with van der Waals surface area (Å²) in [5.74, 6) is -0.312. The molecular weight excluding hydrogens is 204 g/mol. The number of pyridine rings is 1. The van der Waals surface area contributed by atoms with Crippen molar-refractivity contribution in [1.29, 1.82) is 0 Å². The molecule has 1 fully saturated rings. The van der Waals surface area contributed by atoms with Gasteiger partial charge in [0.1, 0.15) is 11.4 Å². The number of carbonyl (C=O) groups is 1. The third-order valence-electron chi connectivity index (χ3n) is 2.99. The van der Waals surface area contributed by atoms with Crippen LogP contribution < -0.4 is 4.90 Å². The van der Waals surface area contributed by atoms with E-state index in [0.717, 1.165) is 19.5 Å². The van der Waals surface area contributed by atoms with Gasteiger partial charge in [-0.3, -0.25) is 0 Å². The van der Waals surface area contributed by atoms with Crippen molar-refractivity contribution in [3.8, 4) is 0 Å². The summed E-state index contributed by atoms with van der Waals surface area (Å²) < 4.78 is 0. The van der Waals surface area contributed by atoms with Gasteiger partial charge in [0.15, 0.2) is 0 Å². The van der Waals surface area contributed by atoms with Gasteiger partial charge in [0.2, 0.25) is 0 Å². The molecule has 0 atom stereocenters. The largest absolute Gasteiger partial charge is 0.478 e. The van der Waals surface area contributed by atoms with Gasteiger partial charge in [-0.05, 0) is 24.0 Å². The van der Waals surface area contributed by atoms with Gasteiger partial charge < -0.3 is 10.0 Å². The zero-order chi connectivity index (χ0) is 11.8. The second kappa shape index (κ2) is 3.77. The van der Waals surface area contributed by atoms with E-state index in [2.05, 4.69) is 23.7 Å². The van der Waals surface area contributed by atoms with Gasteiger partial charge in [0, 0.05) is 19.3 Å². The first-order valence-electron chi connectivity index (χ1n) is 5.43. The van der Waals surface area contributed by atoms with E-state index in [1.807, 2.05) is 0 Å². The number of carboxylic acids is 1. The van der Waals surface area contributed by atoms with Crippen molar-refractivity contribution < 1.29 is 9.90 Å². The van der Waals surface area contributed by atoms with Crippen LogP contribution in [-0.2, 0) is 0 Å². The lowest BCUT2D eigenvalue weighted by atomic mass is 9.93. The van der Waals surface area contributed by atoms with Gasteiger partial charge >= 0.3 is 5.97 Å². The summed E-state index contributed by atoms with van der Waals surface area (Å²) in [5.41, 5.74) is 0.535. The Hall–Kier alpha value is -1.58. The fourth-order valence-corrected chi connectivity index (χ4v) is 2.11. The zero-order valence-corrected chi connectivity index (χ0v) is 9.60. The Morgan fingerprint density at radius 1 is 1.56 bits per heavy atom. The van der Waals surface area contributed by atoms with Gasteiger partial charge in [-0.2, -0.15) is 0 Å². The van der Waals surface area contributed by atoms with Crippen molar-refractivity contribution in [2.75, 3.05) is 18.0 Å². The molecule has 0 aromatic carbocycles. The molecule has 1 N–H and O–H groups in total. The number of rotatable bonds is 2. The highest BCUT2D eigenvalue weighted by molar-refractivity contribution is 5.93. The Balaban J connectivity index is 2.31. The molecule has 1 aliphatic rings. The van der Waals surface area contributed by atoms with E-state index in [-0.39, 0.29) is 5.41 Å². The van der Waals surface area contributed by atoms with Gasteiger partial charge in [0.25, 0.3) is 0 Å². The zero-order valence-electron chi connectivity index (χ0n) is 9.60. The summed E-state index contributed by atoms with van der Waals surface area (Å²) in [4.78, 5) is 17.3. The van der Waals surface area contributed by atoms with Crippen LogP contribution in [0.15, 0.2) is 18.3 Å². The van der Waals surface area contributed by atoms with Crippen LogP contribution in [0.1, 0.15) is 30.6 Å². The van der Waals surface area contributed by atoms with Crippen LogP contribution in [0.5, 0.6) is 0 Å². The predicted octanol–water partition coefficient (Wildman–Crippen LogP) is 2.02. The van der Waals surface area contributed by atoms with Crippen molar-refractivity contribution in [1.82, 2.24) is 4.98 Å². The topological polar surface area (TPSA) is 53.4 Å². The van der Waals surface area contributed by atoms with Gasteiger partial charge in [0.05, 0.1) is 0 Å². The van der Waals surface area contributed by atoms with E-state index in [9.17, 15) is 4.79 Å². The second-order valence-corrected chi connectivity index (χ2v) is 5.02. The normalized spacial score (nSPS) is 18.8. The molecule has 0 bridgehead atoms. The highest BCUT2D eigenvalue weighted by atomic mass is 16.4. The first-order chi connectivity index (χ1) is 7.49. The number of hydrogen-bond acceptors (Lipinski definition) is 3. The smallest absolute Gasteiger partial charge is 0.339 e. The minimum atomic E-state index is -0.909. The maximum absolute atomic E-state index is 11.1. The highest BCUT2D eigenvalue weighted by Gasteiger charge is 2.31. The molecule has 86 valence electrons. The Kier molecular flexibility index (Phi) is 2.58. The number of aromatic nitrogens is 1. The van der Waals surface area contributed by atoms with Crippen molar-refractivity contribution in [2.45, 2.75) is 20.3 Å². The van der Waals surface area contributed by atoms with Crippen LogP contribution in [0.2, 0.25) is 0 Å². The first kappa shape index (κ1) is 10.9. The molecular formula is C12H16N2O2. The summed E-state index contributed by atoms with van der Waals surface area (Å²) in [7, 11) is 0. The molecule has 4 nitrogen and oxygen atoms in total. The van der Waals surface area contributed by atoms with Gasteiger partial charge in [-0.15, -0.1) is 0 Å². The van der Waals surface area contributed by atoms with Crippen molar-refractivity contribution in [3.05, 3.63) is 23.9 Å². The summed E-state index contributed by atoms with van der Waals surface area (Å²) in [6, 6.07) is 3.27. The van der Waals surface area contributed by atoms with Crippen molar-refractivity contribution >= 4 is 11.8 Å². The Morgan fingerprint density at radius 2 is 2.31 bits per heavy atom. The molecule has 0 aliphatic carbocycles. The fourth-order valence-electron chi connectivity index (χ4n) is 2.11. The van der Waals surface area contributed by atoms with E-state index in [1.54, 1.807) is 18.3 Å². The standard InChI is InChI=1S/C12H16N2O2/c1-12(2)5-7-14(8-12)10-9(11(15)16)4-3-6-13-10/h3-4,6H,5,7-8H2,1-2H3,(H,15,16). The molecule has 0 radical (unpaired) electrons. The molecule has 1 aromatic rings. The molecule has 0 amide bonds. The minimum Gasteiger partial charge on any atom is -0.478 e. The predicted molar refractivity (Wildman–Crippen MR) is 61.8 cm³/mol. The van der Waals surface area contributed by atoms with Crippen LogP contribution >= 0.6 is 0 Å². The number of carboxylic acid groups (broad SMARTS) is 1. The summed E-state index contributed by atoms with van der Waals surface area (Å²) in [6.45, 7) is 6.13. The molecule has 0 spiro atoms. The quantitative estimate of drug-likeness (QED) is 0.828. The molecule has 1 aromatic heterocycles. The van der Waals surface area contributed by atoms with Crippen LogP contribution in [0.25, 0.3) is 0 Å². The highest BCUT2D eigenvalue weighted by Crippen LogP contribution is 2.32. The number of aromatic carboxylic acids is 1. The maximum Gasteiger partial charge on any atom is 0.339 e. The monoisotopic (exact) mass is 220 g/mol. The van der Waals surface area contributed by atoms with Crippen LogP contribution in [0, 0.1) is 5.41 Å². The molecule has 4 heteroatoms.